The summed E-state index contributed by atoms with van der Waals surface area (Å²) >= 11 is 0. The molecule has 0 saturated heterocycles. The first-order valence-electron chi connectivity index (χ1n) is 14.9. The molecule has 0 fully saturated rings. The van der Waals surface area contributed by atoms with Crippen LogP contribution in [0.4, 0.5) is 0 Å². The average molecular weight is 551 g/mol. The van der Waals surface area contributed by atoms with Gasteiger partial charge in [-0.1, -0.05) is 66.2 Å². The molecule has 2 atom stereocenters. The van der Waals surface area contributed by atoms with Crippen molar-refractivity contribution in [2.45, 2.75) is 52.4 Å². The number of hydrogen-bond acceptors (Lipinski definition) is 6. The van der Waals surface area contributed by atoms with Crippen molar-refractivity contribution in [1.29, 1.82) is 0 Å². The third-order valence-corrected chi connectivity index (χ3v) is 7.45. The number of aryl methyl sites for hydroxylation is 1. The van der Waals surface area contributed by atoms with Crippen LogP contribution in [-0.2, 0) is 19.5 Å². The van der Waals surface area contributed by atoms with Crippen LogP contribution in [0.3, 0.4) is 0 Å². The van der Waals surface area contributed by atoms with Crippen LogP contribution in [0.2, 0.25) is 0 Å². The summed E-state index contributed by atoms with van der Waals surface area (Å²) in [7, 11) is 0. The second kappa shape index (κ2) is 16.7. The van der Waals surface area contributed by atoms with Gasteiger partial charge in [-0.05, 0) is 74.7 Å². The molecule has 2 heterocycles. The zero-order chi connectivity index (χ0) is 28.7. The van der Waals surface area contributed by atoms with Crippen molar-refractivity contribution in [3.05, 3.63) is 131 Å². The molecule has 0 amide bonds. The summed E-state index contributed by atoms with van der Waals surface area (Å²) in [6.07, 6.45) is 4.77. The number of aromatic nitrogens is 2. The standard InChI is InChI=1S/C35H46N6/c1-28-9-8-10-31(25-28)17-20-36-26-32-13-15-33(16-14-32)27-41(23-21-37-29(2)34-11-4-6-18-39-34)24-22-38-30(3)35-12-5-7-19-40-35/h4-16,18-19,25,29-30,36-38H,17,20-24,26-27H2,1-3H3. The monoisotopic (exact) mass is 550 g/mol. The van der Waals surface area contributed by atoms with E-state index in [1.807, 2.05) is 36.7 Å². The summed E-state index contributed by atoms with van der Waals surface area (Å²) in [5.41, 5.74) is 7.52. The first kappa shape index (κ1) is 30.5. The van der Waals surface area contributed by atoms with Crippen LogP contribution in [0.5, 0.6) is 0 Å². The van der Waals surface area contributed by atoms with Crippen LogP contribution < -0.4 is 16.0 Å². The van der Waals surface area contributed by atoms with Gasteiger partial charge in [0.05, 0.1) is 11.4 Å². The Morgan fingerprint density at radius 2 is 1.27 bits per heavy atom. The van der Waals surface area contributed by atoms with Gasteiger partial charge < -0.3 is 16.0 Å². The topological polar surface area (TPSA) is 65.1 Å². The molecular formula is C35H46N6. The molecule has 216 valence electrons. The Morgan fingerprint density at radius 3 is 1.83 bits per heavy atom. The van der Waals surface area contributed by atoms with Crippen LogP contribution in [0, 0.1) is 6.92 Å². The lowest BCUT2D eigenvalue weighted by Crippen LogP contribution is -2.37. The summed E-state index contributed by atoms with van der Waals surface area (Å²) in [5.74, 6) is 0. The van der Waals surface area contributed by atoms with Gasteiger partial charge in [0.1, 0.15) is 0 Å². The molecule has 3 N–H and O–H groups in total. The van der Waals surface area contributed by atoms with Crippen molar-refractivity contribution in [3.8, 4) is 0 Å². The van der Waals surface area contributed by atoms with Crippen molar-refractivity contribution < 1.29 is 0 Å². The molecular weight excluding hydrogens is 504 g/mol. The quantitative estimate of drug-likeness (QED) is 0.148. The number of pyridine rings is 2. The predicted octanol–water partition coefficient (Wildman–Crippen LogP) is 5.62. The van der Waals surface area contributed by atoms with Gasteiger partial charge in [0.25, 0.3) is 0 Å². The summed E-state index contributed by atoms with van der Waals surface area (Å²) in [6.45, 7) is 13.0. The molecule has 2 unspecified atom stereocenters. The fourth-order valence-electron chi connectivity index (χ4n) is 4.98. The van der Waals surface area contributed by atoms with Crippen molar-refractivity contribution in [2.75, 3.05) is 32.7 Å². The first-order chi connectivity index (χ1) is 20.1. The molecule has 6 nitrogen and oxygen atoms in total. The molecule has 0 saturated carbocycles. The van der Waals surface area contributed by atoms with Gasteiger partial charge in [0.15, 0.2) is 0 Å². The lowest BCUT2D eigenvalue weighted by molar-refractivity contribution is 0.257. The molecule has 4 aromatic rings. The molecule has 0 aliphatic rings. The molecule has 0 aliphatic carbocycles. The van der Waals surface area contributed by atoms with Crippen molar-refractivity contribution in [2.24, 2.45) is 0 Å². The van der Waals surface area contributed by atoms with E-state index >= 15 is 0 Å². The van der Waals surface area contributed by atoms with E-state index in [0.29, 0.717) is 0 Å². The fourth-order valence-corrected chi connectivity index (χ4v) is 4.98. The molecule has 0 bridgehead atoms. The molecule has 6 heteroatoms. The molecule has 0 radical (unpaired) electrons. The minimum absolute atomic E-state index is 0.220. The highest BCUT2D eigenvalue weighted by Gasteiger charge is 2.11. The minimum atomic E-state index is 0.220. The lowest BCUT2D eigenvalue weighted by Gasteiger charge is -2.25. The third kappa shape index (κ3) is 10.8. The maximum absolute atomic E-state index is 4.50. The van der Waals surface area contributed by atoms with Gasteiger partial charge in [0, 0.05) is 63.7 Å². The van der Waals surface area contributed by atoms with Crippen LogP contribution >= 0.6 is 0 Å². The number of benzene rings is 2. The molecule has 4 rings (SSSR count). The number of rotatable bonds is 17. The van der Waals surface area contributed by atoms with Gasteiger partial charge in [-0.25, -0.2) is 0 Å². The largest absolute Gasteiger partial charge is 0.312 e. The van der Waals surface area contributed by atoms with E-state index in [2.05, 4.69) is 112 Å². The fraction of sp³-hybridized carbons (Fsp3) is 0.371. The number of hydrogen-bond donors (Lipinski definition) is 3. The maximum Gasteiger partial charge on any atom is 0.0570 e. The SMILES string of the molecule is Cc1cccc(CCNCc2ccc(CN(CCNC(C)c3ccccn3)CCNC(C)c3ccccn3)cc2)c1. The maximum atomic E-state index is 4.50. The normalized spacial score (nSPS) is 12.9. The number of nitrogens with one attached hydrogen (secondary N) is 3. The van der Waals surface area contributed by atoms with E-state index in [0.717, 1.165) is 63.6 Å². The Balaban J connectivity index is 1.26. The minimum Gasteiger partial charge on any atom is -0.312 e. The van der Waals surface area contributed by atoms with E-state index < -0.39 is 0 Å². The molecule has 2 aromatic carbocycles. The van der Waals surface area contributed by atoms with Gasteiger partial charge in [-0.3, -0.25) is 14.9 Å². The van der Waals surface area contributed by atoms with Crippen LogP contribution in [-0.4, -0.2) is 47.6 Å². The highest BCUT2D eigenvalue weighted by atomic mass is 15.2. The number of nitrogens with zero attached hydrogens (tertiary/aromatic N) is 3. The van der Waals surface area contributed by atoms with E-state index in [9.17, 15) is 0 Å². The summed E-state index contributed by atoms with van der Waals surface area (Å²) in [4.78, 5) is 11.5. The Kier molecular flexibility index (Phi) is 12.5. The van der Waals surface area contributed by atoms with Gasteiger partial charge in [-0.2, -0.15) is 0 Å². The highest BCUT2D eigenvalue weighted by molar-refractivity contribution is 5.24. The predicted molar refractivity (Wildman–Crippen MR) is 170 cm³/mol. The molecule has 2 aromatic heterocycles. The van der Waals surface area contributed by atoms with Gasteiger partial charge in [-0.15, -0.1) is 0 Å². The van der Waals surface area contributed by atoms with Crippen molar-refractivity contribution in [3.63, 3.8) is 0 Å². The second-order valence-corrected chi connectivity index (χ2v) is 10.9. The third-order valence-electron chi connectivity index (χ3n) is 7.45. The zero-order valence-corrected chi connectivity index (χ0v) is 24.9. The lowest BCUT2D eigenvalue weighted by atomic mass is 10.1. The van der Waals surface area contributed by atoms with Crippen LogP contribution in [0.25, 0.3) is 0 Å². The van der Waals surface area contributed by atoms with Crippen molar-refractivity contribution >= 4 is 0 Å². The van der Waals surface area contributed by atoms with E-state index in [1.54, 1.807) is 0 Å². The Morgan fingerprint density at radius 1 is 0.659 bits per heavy atom. The second-order valence-electron chi connectivity index (χ2n) is 10.9. The van der Waals surface area contributed by atoms with Gasteiger partial charge >= 0.3 is 0 Å². The van der Waals surface area contributed by atoms with E-state index in [-0.39, 0.29) is 12.1 Å². The average Bonchev–Trinajstić information content (AvgIpc) is 3.01. The molecule has 0 aliphatic heterocycles. The first-order valence-corrected chi connectivity index (χ1v) is 14.9. The summed E-state index contributed by atoms with van der Waals surface area (Å²) < 4.78 is 0. The zero-order valence-electron chi connectivity index (χ0n) is 24.9. The molecule has 41 heavy (non-hydrogen) atoms. The van der Waals surface area contributed by atoms with Crippen LogP contribution in [0.1, 0.15) is 59.6 Å². The summed E-state index contributed by atoms with van der Waals surface area (Å²) in [5, 5.41) is 10.9. The Bertz CT molecular complexity index is 1210. The smallest absolute Gasteiger partial charge is 0.0570 e. The van der Waals surface area contributed by atoms with E-state index in [4.69, 9.17) is 0 Å². The summed E-state index contributed by atoms with van der Waals surface area (Å²) in [6, 6.07) is 30.5. The Hall–Kier alpha value is -3.42. The van der Waals surface area contributed by atoms with Crippen molar-refractivity contribution in [1.82, 2.24) is 30.8 Å². The van der Waals surface area contributed by atoms with Gasteiger partial charge in [0.2, 0.25) is 0 Å². The highest BCUT2D eigenvalue weighted by Crippen LogP contribution is 2.11. The van der Waals surface area contributed by atoms with Crippen LogP contribution in [0.15, 0.2) is 97.3 Å². The van der Waals surface area contributed by atoms with E-state index in [1.165, 1.54) is 22.3 Å². The Labute approximate surface area is 246 Å². The molecule has 0 spiro atoms.